The predicted octanol–water partition coefficient (Wildman–Crippen LogP) is 4.73. The van der Waals surface area contributed by atoms with Gasteiger partial charge < -0.3 is 14.8 Å². The number of para-hydroxylation sites is 3. The van der Waals surface area contributed by atoms with Crippen molar-refractivity contribution in [1.82, 2.24) is 0 Å². The Bertz CT molecular complexity index is 581. The molecule has 0 heterocycles. The van der Waals surface area contributed by atoms with Gasteiger partial charge in [0.05, 0.1) is 19.4 Å². The molecule has 3 nitrogen and oxygen atoms in total. The van der Waals surface area contributed by atoms with E-state index in [2.05, 4.69) is 25.2 Å². The summed E-state index contributed by atoms with van der Waals surface area (Å²) in [5.74, 6) is 2.45. The molecule has 0 saturated carbocycles. The highest BCUT2D eigenvalue weighted by Gasteiger charge is 2.06. The van der Waals surface area contributed by atoms with E-state index in [-0.39, 0.29) is 0 Å². The lowest BCUT2D eigenvalue weighted by Gasteiger charge is -2.15. The lowest BCUT2D eigenvalue weighted by molar-refractivity contribution is 0.287. The normalized spacial score (nSPS) is 10.5. The molecule has 118 valence electrons. The van der Waals surface area contributed by atoms with Crippen LogP contribution in [-0.2, 0) is 6.54 Å². The first-order valence-corrected chi connectivity index (χ1v) is 7.78. The molecule has 0 aliphatic rings. The molecule has 2 aromatic rings. The van der Waals surface area contributed by atoms with Crippen LogP contribution in [-0.4, -0.2) is 13.7 Å². The summed E-state index contributed by atoms with van der Waals surface area (Å²) in [5, 5.41) is 3.42. The third kappa shape index (κ3) is 4.69. The minimum atomic E-state index is 0.652. The van der Waals surface area contributed by atoms with E-state index in [1.807, 2.05) is 42.5 Å². The Hall–Kier alpha value is -2.16. The van der Waals surface area contributed by atoms with E-state index in [0.29, 0.717) is 12.5 Å². The number of ether oxygens (including phenoxy) is 2. The third-order valence-corrected chi connectivity index (χ3v) is 3.50. The number of benzene rings is 2. The summed E-state index contributed by atoms with van der Waals surface area (Å²) in [6, 6.07) is 16.1. The van der Waals surface area contributed by atoms with E-state index in [4.69, 9.17) is 9.47 Å². The zero-order valence-corrected chi connectivity index (χ0v) is 13.6. The van der Waals surface area contributed by atoms with Gasteiger partial charge in [-0.15, -0.1) is 0 Å². The number of rotatable bonds is 8. The quantitative estimate of drug-likeness (QED) is 0.764. The Morgan fingerprint density at radius 1 is 0.955 bits per heavy atom. The van der Waals surface area contributed by atoms with Gasteiger partial charge in [0.1, 0.15) is 11.5 Å². The summed E-state index contributed by atoms with van der Waals surface area (Å²) in [4.78, 5) is 0. The molecule has 0 radical (unpaired) electrons. The molecule has 0 fully saturated rings. The summed E-state index contributed by atoms with van der Waals surface area (Å²) in [7, 11) is 1.68. The molecule has 0 saturated heterocycles. The lowest BCUT2D eigenvalue weighted by Crippen LogP contribution is -2.06. The summed E-state index contributed by atoms with van der Waals surface area (Å²) < 4.78 is 11.3. The first-order chi connectivity index (χ1) is 10.7. The van der Waals surface area contributed by atoms with E-state index in [0.717, 1.165) is 35.8 Å². The maximum absolute atomic E-state index is 5.92. The van der Waals surface area contributed by atoms with Crippen LogP contribution in [0.5, 0.6) is 11.5 Å². The Balaban J connectivity index is 2.00. The van der Waals surface area contributed by atoms with Crippen molar-refractivity contribution in [2.45, 2.75) is 26.8 Å². The van der Waals surface area contributed by atoms with Crippen LogP contribution in [0.1, 0.15) is 25.8 Å². The Morgan fingerprint density at radius 3 is 2.36 bits per heavy atom. The van der Waals surface area contributed by atoms with Crippen molar-refractivity contribution < 1.29 is 9.47 Å². The SMILES string of the molecule is COc1ccccc1NCc1ccccc1OCCC(C)C. The van der Waals surface area contributed by atoms with E-state index in [9.17, 15) is 0 Å². The van der Waals surface area contributed by atoms with Crippen molar-refractivity contribution in [3.63, 3.8) is 0 Å². The second-order valence-corrected chi connectivity index (χ2v) is 5.69. The Morgan fingerprint density at radius 2 is 1.64 bits per heavy atom. The Labute approximate surface area is 133 Å². The molecule has 0 aromatic heterocycles. The summed E-state index contributed by atoms with van der Waals surface area (Å²) >= 11 is 0. The molecule has 0 unspecified atom stereocenters. The number of hydrogen-bond donors (Lipinski definition) is 1. The average Bonchev–Trinajstić information content (AvgIpc) is 2.54. The van der Waals surface area contributed by atoms with Gasteiger partial charge in [-0.05, 0) is 30.5 Å². The highest BCUT2D eigenvalue weighted by molar-refractivity contribution is 5.56. The number of anilines is 1. The van der Waals surface area contributed by atoms with Gasteiger partial charge in [0.25, 0.3) is 0 Å². The van der Waals surface area contributed by atoms with Crippen LogP contribution in [0.25, 0.3) is 0 Å². The third-order valence-electron chi connectivity index (χ3n) is 3.50. The highest BCUT2D eigenvalue weighted by Crippen LogP contribution is 2.25. The molecule has 22 heavy (non-hydrogen) atoms. The number of nitrogens with one attached hydrogen (secondary N) is 1. The van der Waals surface area contributed by atoms with E-state index in [1.54, 1.807) is 7.11 Å². The standard InChI is InChI=1S/C19H25NO2/c1-15(2)12-13-22-18-10-6-4-8-16(18)14-20-17-9-5-7-11-19(17)21-3/h4-11,15,20H,12-14H2,1-3H3. The fraction of sp³-hybridized carbons (Fsp3) is 0.368. The number of hydrogen-bond acceptors (Lipinski definition) is 3. The van der Waals surface area contributed by atoms with E-state index >= 15 is 0 Å². The van der Waals surface area contributed by atoms with Crippen molar-refractivity contribution in [2.75, 3.05) is 19.0 Å². The minimum Gasteiger partial charge on any atom is -0.495 e. The molecule has 3 heteroatoms. The molecule has 0 atom stereocenters. The minimum absolute atomic E-state index is 0.652. The fourth-order valence-corrected chi connectivity index (χ4v) is 2.18. The van der Waals surface area contributed by atoms with Gasteiger partial charge in [-0.3, -0.25) is 0 Å². The predicted molar refractivity (Wildman–Crippen MR) is 91.7 cm³/mol. The van der Waals surface area contributed by atoms with Crippen LogP contribution in [0.3, 0.4) is 0 Å². The largest absolute Gasteiger partial charge is 0.495 e. The first-order valence-electron chi connectivity index (χ1n) is 7.78. The zero-order valence-electron chi connectivity index (χ0n) is 13.6. The van der Waals surface area contributed by atoms with Crippen molar-refractivity contribution in [1.29, 1.82) is 0 Å². The Kier molecular flexibility index (Phi) is 6.13. The summed E-state index contributed by atoms with van der Waals surface area (Å²) in [6.45, 7) is 5.87. The lowest BCUT2D eigenvalue weighted by atomic mass is 10.1. The molecule has 1 N–H and O–H groups in total. The maximum atomic E-state index is 5.92. The van der Waals surface area contributed by atoms with E-state index in [1.165, 1.54) is 0 Å². The van der Waals surface area contributed by atoms with Crippen molar-refractivity contribution in [3.8, 4) is 11.5 Å². The zero-order chi connectivity index (χ0) is 15.8. The van der Waals surface area contributed by atoms with E-state index < -0.39 is 0 Å². The van der Waals surface area contributed by atoms with Crippen molar-refractivity contribution in [3.05, 3.63) is 54.1 Å². The van der Waals surface area contributed by atoms with Crippen LogP contribution in [0, 0.1) is 5.92 Å². The van der Waals surface area contributed by atoms with Crippen LogP contribution in [0.2, 0.25) is 0 Å². The van der Waals surface area contributed by atoms with Crippen LogP contribution in [0.4, 0.5) is 5.69 Å². The van der Waals surface area contributed by atoms with Gasteiger partial charge in [-0.25, -0.2) is 0 Å². The van der Waals surface area contributed by atoms with Gasteiger partial charge >= 0.3 is 0 Å². The van der Waals surface area contributed by atoms with Crippen LogP contribution in [0.15, 0.2) is 48.5 Å². The van der Waals surface area contributed by atoms with Crippen molar-refractivity contribution in [2.24, 2.45) is 5.92 Å². The molecule has 0 amide bonds. The monoisotopic (exact) mass is 299 g/mol. The van der Waals surface area contributed by atoms with Crippen LogP contribution >= 0.6 is 0 Å². The average molecular weight is 299 g/mol. The maximum Gasteiger partial charge on any atom is 0.141 e. The van der Waals surface area contributed by atoms with Crippen molar-refractivity contribution >= 4 is 5.69 Å². The second kappa shape index (κ2) is 8.32. The summed E-state index contributed by atoms with van der Waals surface area (Å²) in [5.41, 5.74) is 2.14. The fourth-order valence-electron chi connectivity index (χ4n) is 2.18. The number of methoxy groups -OCH3 is 1. The molecule has 0 aliphatic heterocycles. The molecular weight excluding hydrogens is 274 g/mol. The van der Waals surface area contributed by atoms with Gasteiger partial charge in [0.15, 0.2) is 0 Å². The smallest absolute Gasteiger partial charge is 0.141 e. The van der Waals surface area contributed by atoms with Gasteiger partial charge in [0, 0.05) is 12.1 Å². The highest BCUT2D eigenvalue weighted by atomic mass is 16.5. The van der Waals surface area contributed by atoms with Gasteiger partial charge in [-0.1, -0.05) is 44.2 Å². The molecule has 2 aromatic carbocycles. The topological polar surface area (TPSA) is 30.5 Å². The first kappa shape index (κ1) is 16.2. The molecule has 0 aliphatic carbocycles. The molecule has 0 bridgehead atoms. The van der Waals surface area contributed by atoms with Gasteiger partial charge in [-0.2, -0.15) is 0 Å². The van der Waals surface area contributed by atoms with Crippen LogP contribution < -0.4 is 14.8 Å². The van der Waals surface area contributed by atoms with Gasteiger partial charge in [0.2, 0.25) is 0 Å². The molecular formula is C19H25NO2. The molecule has 0 spiro atoms. The molecule has 2 rings (SSSR count). The second-order valence-electron chi connectivity index (χ2n) is 5.69. The summed E-state index contributed by atoms with van der Waals surface area (Å²) in [6.07, 6.45) is 1.06.